The quantitative estimate of drug-likeness (QED) is 0.873. The van der Waals surface area contributed by atoms with Crippen LogP contribution in [0.1, 0.15) is 25.5 Å². The van der Waals surface area contributed by atoms with Crippen molar-refractivity contribution in [3.05, 3.63) is 10.5 Å². The van der Waals surface area contributed by atoms with Crippen LogP contribution in [0.3, 0.4) is 0 Å². The summed E-state index contributed by atoms with van der Waals surface area (Å²) in [6, 6.07) is 0. The molecule has 0 aromatic carbocycles. The number of imidazole rings is 1. The van der Waals surface area contributed by atoms with Crippen LogP contribution >= 0.6 is 12.2 Å². The number of aromatic nitrogens is 4. The van der Waals surface area contributed by atoms with Crippen LogP contribution in [0, 0.1) is 4.77 Å². The Balaban J connectivity index is 2.10. The van der Waals surface area contributed by atoms with Gasteiger partial charge in [0, 0.05) is 13.6 Å². The summed E-state index contributed by atoms with van der Waals surface area (Å²) >= 11 is 5.35. The minimum Gasteiger partial charge on any atom is -0.328 e. The van der Waals surface area contributed by atoms with Crippen molar-refractivity contribution in [2.24, 2.45) is 7.05 Å². The Morgan fingerprint density at radius 3 is 2.85 bits per heavy atom. The Morgan fingerprint density at radius 1 is 1.50 bits per heavy atom. The van der Waals surface area contributed by atoms with Crippen molar-refractivity contribution in [3.8, 4) is 0 Å². The molecule has 1 aliphatic rings. The SMILES string of the molecule is CCc1nn(C)c2c1[nH]c(=S)n2CC1CCCS1(=O)=O. The van der Waals surface area contributed by atoms with E-state index in [1.54, 1.807) is 4.68 Å². The summed E-state index contributed by atoms with van der Waals surface area (Å²) in [5.74, 6) is 0.296. The number of H-pyrrole nitrogens is 1. The van der Waals surface area contributed by atoms with E-state index >= 15 is 0 Å². The highest BCUT2D eigenvalue weighted by atomic mass is 32.2. The largest absolute Gasteiger partial charge is 0.328 e. The third-order valence-electron chi connectivity index (χ3n) is 4.01. The average Bonchev–Trinajstić information content (AvgIpc) is 2.97. The molecule has 0 aliphatic carbocycles. The van der Waals surface area contributed by atoms with Gasteiger partial charge in [0.15, 0.2) is 20.3 Å². The van der Waals surface area contributed by atoms with Gasteiger partial charge in [-0.1, -0.05) is 6.92 Å². The number of rotatable bonds is 3. The van der Waals surface area contributed by atoms with E-state index in [9.17, 15) is 8.42 Å². The fraction of sp³-hybridized carbons (Fsp3) is 0.667. The van der Waals surface area contributed by atoms with Crippen LogP contribution in [0.2, 0.25) is 0 Å². The van der Waals surface area contributed by atoms with Crippen LogP contribution in [0.15, 0.2) is 0 Å². The molecule has 0 amide bonds. The lowest BCUT2D eigenvalue weighted by Gasteiger charge is -2.11. The van der Waals surface area contributed by atoms with Crippen LogP contribution in [-0.2, 0) is 29.9 Å². The summed E-state index contributed by atoms with van der Waals surface area (Å²) in [6.45, 7) is 2.46. The Bertz CT molecular complexity index is 812. The second-order valence-electron chi connectivity index (χ2n) is 5.29. The molecule has 1 saturated heterocycles. The number of hydrogen-bond acceptors (Lipinski definition) is 4. The molecule has 0 saturated carbocycles. The van der Waals surface area contributed by atoms with E-state index in [4.69, 9.17) is 12.2 Å². The molecular weight excluding hydrogens is 296 g/mol. The minimum atomic E-state index is -2.97. The van der Waals surface area contributed by atoms with Gasteiger partial charge >= 0.3 is 0 Å². The molecule has 1 aliphatic heterocycles. The predicted octanol–water partition coefficient (Wildman–Crippen LogP) is 1.57. The summed E-state index contributed by atoms with van der Waals surface area (Å²) in [5, 5.41) is 4.12. The molecule has 8 heteroatoms. The number of nitrogens with one attached hydrogen (secondary N) is 1. The lowest BCUT2D eigenvalue weighted by molar-refractivity contribution is 0.563. The van der Waals surface area contributed by atoms with Gasteiger partial charge in [-0.15, -0.1) is 0 Å². The maximum absolute atomic E-state index is 12.0. The highest BCUT2D eigenvalue weighted by molar-refractivity contribution is 7.92. The Kier molecular flexibility index (Phi) is 3.24. The van der Waals surface area contributed by atoms with Gasteiger partial charge < -0.3 is 9.55 Å². The maximum Gasteiger partial charge on any atom is 0.179 e. The van der Waals surface area contributed by atoms with E-state index in [0.29, 0.717) is 17.1 Å². The van der Waals surface area contributed by atoms with E-state index in [1.807, 2.05) is 18.5 Å². The molecule has 1 unspecified atom stereocenters. The van der Waals surface area contributed by atoms with E-state index in [2.05, 4.69) is 10.1 Å². The van der Waals surface area contributed by atoms with E-state index in [1.165, 1.54) is 0 Å². The molecule has 3 rings (SSSR count). The monoisotopic (exact) mass is 314 g/mol. The summed E-state index contributed by atoms with van der Waals surface area (Å²) in [7, 11) is -1.11. The third kappa shape index (κ3) is 2.01. The van der Waals surface area contributed by atoms with Crippen molar-refractivity contribution in [1.82, 2.24) is 19.3 Å². The molecule has 3 heterocycles. The molecule has 2 aromatic heterocycles. The molecule has 110 valence electrons. The molecule has 1 atom stereocenters. The minimum absolute atomic E-state index is 0.296. The van der Waals surface area contributed by atoms with Gasteiger partial charge in [-0.05, 0) is 31.5 Å². The number of hydrogen-bond donors (Lipinski definition) is 1. The zero-order valence-electron chi connectivity index (χ0n) is 11.6. The Morgan fingerprint density at radius 2 is 2.25 bits per heavy atom. The molecule has 20 heavy (non-hydrogen) atoms. The fourth-order valence-electron chi connectivity index (χ4n) is 2.96. The Labute approximate surface area is 122 Å². The smallest absolute Gasteiger partial charge is 0.179 e. The normalized spacial score (nSPS) is 21.8. The standard InChI is InChI=1S/C12H18N4O2S2/c1-3-9-10-11(15(2)14-9)16(12(19)13-10)7-8-5-4-6-20(8,17)18/h8H,3-7H2,1-2H3,(H,13,19). The fourth-order valence-corrected chi connectivity index (χ4v) is 5.03. The summed E-state index contributed by atoms with van der Waals surface area (Å²) < 4.78 is 28.2. The van der Waals surface area contributed by atoms with Gasteiger partial charge in [-0.25, -0.2) is 8.42 Å². The lowest BCUT2D eigenvalue weighted by Crippen LogP contribution is -2.22. The van der Waals surface area contributed by atoms with Crippen LogP contribution in [0.5, 0.6) is 0 Å². The molecule has 6 nitrogen and oxygen atoms in total. The van der Waals surface area contributed by atoms with Crippen molar-refractivity contribution in [2.75, 3.05) is 5.75 Å². The maximum atomic E-state index is 12.0. The van der Waals surface area contributed by atoms with Crippen molar-refractivity contribution >= 4 is 33.2 Å². The highest BCUT2D eigenvalue weighted by Gasteiger charge is 2.32. The van der Waals surface area contributed by atoms with Crippen molar-refractivity contribution in [3.63, 3.8) is 0 Å². The second kappa shape index (κ2) is 4.70. The molecule has 1 N–H and O–H groups in total. The number of nitrogens with zero attached hydrogens (tertiary/aromatic N) is 3. The first-order valence-corrected chi connectivity index (χ1v) is 8.92. The molecular formula is C12H18N4O2S2. The lowest BCUT2D eigenvalue weighted by atomic mass is 10.2. The van der Waals surface area contributed by atoms with E-state index in [0.717, 1.165) is 36.1 Å². The van der Waals surface area contributed by atoms with Crippen molar-refractivity contribution in [1.29, 1.82) is 0 Å². The van der Waals surface area contributed by atoms with Crippen LogP contribution in [0.25, 0.3) is 11.2 Å². The first-order chi connectivity index (χ1) is 9.44. The first kappa shape index (κ1) is 13.8. The van der Waals surface area contributed by atoms with Crippen LogP contribution in [0.4, 0.5) is 0 Å². The molecule has 2 aromatic rings. The van der Waals surface area contributed by atoms with Gasteiger partial charge in [0.2, 0.25) is 0 Å². The molecule has 1 fully saturated rings. The van der Waals surface area contributed by atoms with E-state index in [-0.39, 0.29) is 5.25 Å². The number of sulfone groups is 1. The molecule has 0 radical (unpaired) electrons. The van der Waals surface area contributed by atoms with Crippen LogP contribution in [-0.4, -0.2) is 38.8 Å². The van der Waals surface area contributed by atoms with Crippen LogP contribution < -0.4 is 0 Å². The molecule has 0 bridgehead atoms. The predicted molar refractivity (Wildman–Crippen MR) is 80.1 cm³/mol. The van der Waals surface area contributed by atoms with E-state index < -0.39 is 9.84 Å². The number of aromatic amines is 1. The first-order valence-electron chi connectivity index (χ1n) is 6.80. The van der Waals surface area contributed by atoms with Crippen molar-refractivity contribution < 1.29 is 8.42 Å². The summed E-state index contributed by atoms with van der Waals surface area (Å²) in [6.07, 6.45) is 2.28. The van der Waals surface area contributed by atoms with Crippen molar-refractivity contribution in [2.45, 2.75) is 38.0 Å². The van der Waals surface area contributed by atoms with Gasteiger partial charge in [0.25, 0.3) is 0 Å². The van der Waals surface area contributed by atoms with Gasteiger partial charge in [0.1, 0.15) is 5.52 Å². The third-order valence-corrected chi connectivity index (χ3v) is 6.59. The zero-order valence-corrected chi connectivity index (χ0v) is 13.2. The zero-order chi connectivity index (χ0) is 14.5. The second-order valence-corrected chi connectivity index (χ2v) is 8.08. The highest BCUT2D eigenvalue weighted by Crippen LogP contribution is 2.25. The topological polar surface area (TPSA) is 72.7 Å². The average molecular weight is 314 g/mol. The van der Waals surface area contributed by atoms with Gasteiger partial charge in [-0.3, -0.25) is 4.68 Å². The Hall–Kier alpha value is -1.15. The number of fused-ring (bicyclic) bond motifs is 1. The summed E-state index contributed by atoms with van der Waals surface area (Å²) in [4.78, 5) is 3.17. The number of aryl methyl sites for hydroxylation is 2. The molecule has 0 spiro atoms. The van der Waals surface area contributed by atoms with Gasteiger partial charge in [0.05, 0.1) is 16.7 Å². The summed E-state index contributed by atoms with van der Waals surface area (Å²) in [5.41, 5.74) is 2.77. The van der Waals surface area contributed by atoms with Gasteiger partial charge in [-0.2, -0.15) is 5.10 Å².